The molecule has 0 saturated heterocycles. The molecule has 1 fully saturated rings. The topological polar surface area (TPSA) is 32.3 Å². The van der Waals surface area contributed by atoms with E-state index in [0.717, 1.165) is 28.3 Å². The third kappa shape index (κ3) is 2.60. The first-order valence-corrected chi connectivity index (χ1v) is 7.60. The van der Waals surface area contributed by atoms with E-state index >= 15 is 0 Å². The van der Waals surface area contributed by atoms with Gasteiger partial charge in [-0.1, -0.05) is 38.1 Å². The number of nitrogens with one attached hydrogen (secondary N) is 1. The Morgan fingerprint density at radius 3 is 2.30 bits per heavy atom. The molecule has 1 aliphatic carbocycles. The lowest BCUT2D eigenvalue weighted by molar-refractivity contribution is 0.281. The highest BCUT2D eigenvalue weighted by atomic mass is 16.3. The first-order chi connectivity index (χ1) is 9.63. The third-order valence-corrected chi connectivity index (χ3v) is 4.44. The average molecular weight is 269 g/mol. The van der Waals surface area contributed by atoms with Gasteiger partial charge in [0.05, 0.1) is 0 Å². The highest BCUT2D eigenvalue weighted by Crippen LogP contribution is 2.34. The minimum atomic E-state index is 0.358. The van der Waals surface area contributed by atoms with E-state index in [9.17, 15) is 5.11 Å². The maximum absolute atomic E-state index is 9.96. The van der Waals surface area contributed by atoms with E-state index in [1.807, 2.05) is 18.2 Å². The van der Waals surface area contributed by atoms with Crippen molar-refractivity contribution < 1.29 is 5.11 Å². The molecule has 0 heterocycles. The van der Waals surface area contributed by atoms with Crippen molar-refractivity contribution in [3.8, 4) is 5.75 Å². The molecule has 1 saturated carbocycles. The van der Waals surface area contributed by atoms with Crippen molar-refractivity contribution in [1.29, 1.82) is 0 Å². The van der Waals surface area contributed by atoms with Gasteiger partial charge in [-0.05, 0) is 43.2 Å². The van der Waals surface area contributed by atoms with E-state index < -0.39 is 0 Å². The third-order valence-electron chi connectivity index (χ3n) is 4.44. The van der Waals surface area contributed by atoms with Crippen LogP contribution in [0.4, 0.5) is 5.69 Å². The summed E-state index contributed by atoms with van der Waals surface area (Å²) in [5.74, 6) is 1.94. The summed E-state index contributed by atoms with van der Waals surface area (Å²) in [6.45, 7) is 4.69. The van der Waals surface area contributed by atoms with Crippen LogP contribution in [0.1, 0.15) is 33.1 Å². The summed E-state index contributed by atoms with van der Waals surface area (Å²) in [6, 6.07) is 12.4. The lowest BCUT2D eigenvalue weighted by atomic mass is 9.80. The number of anilines is 1. The van der Waals surface area contributed by atoms with Crippen LogP contribution in [-0.2, 0) is 0 Å². The summed E-state index contributed by atoms with van der Waals surface area (Å²) in [7, 11) is 0. The molecule has 2 aromatic carbocycles. The van der Waals surface area contributed by atoms with Crippen molar-refractivity contribution in [3.63, 3.8) is 0 Å². The summed E-state index contributed by atoms with van der Waals surface area (Å²) in [5, 5.41) is 15.7. The SMILES string of the molecule is CC1CC(C)CC(Nc2cccc3c(O)cccc23)C1. The fourth-order valence-corrected chi connectivity index (χ4v) is 3.70. The molecule has 20 heavy (non-hydrogen) atoms. The molecule has 3 rings (SSSR count). The molecule has 0 aromatic heterocycles. The molecular formula is C18H23NO. The van der Waals surface area contributed by atoms with Crippen molar-refractivity contribution >= 4 is 16.5 Å². The van der Waals surface area contributed by atoms with Crippen LogP contribution in [0.5, 0.6) is 5.75 Å². The van der Waals surface area contributed by atoms with Crippen LogP contribution in [0.15, 0.2) is 36.4 Å². The van der Waals surface area contributed by atoms with Crippen molar-refractivity contribution in [2.45, 2.75) is 39.2 Å². The number of hydrogen-bond acceptors (Lipinski definition) is 2. The lowest BCUT2D eigenvalue weighted by Crippen LogP contribution is -2.30. The number of aromatic hydroxyl groups is 1. The Hall–Kier alpha value is -1.70. The van der Waals surface area contributed by atoms with Gasteiger partial charge in [-0.2, -0.15) is 0 Å². The van der Waals surface area contributed by atoms with Crippen LogP contribution in [0.3, 0.4) is 0 Å². The quantitative estimate of drug-likeness (QED) is 0.822. The Kier molecular flexibility index (Phi) is 3.56. The van der Waals surface area contributed by atoms with Crippen LogP contribution >= 0.6 is 0 Å². The first kappa shape index (κ1) is 13.3. The van der Waals surface area contributed by atoms with Crippen molar-refractivity contribution in [2.24, 2.45) is 11.8 Å². The maximum Gasteiger partial charge on any atom is 0.123 e. The summed E-state index contributed by atoms with van der Waals surface area (Å²) in [5.41, 5.74) is 1.14. The summed E-state index contributed by atoms with van der Waals surface area (Å²) in [4.78, 5) is 0. The van der Waals surface area contributed by atoms with Gasteiger partial charge < -0.3 is 10.4 Å². The van der Waals surface area contributed by atoms with Gasteiger partial charge in [0.15, 0.2) is 0 Å². The van der Waals surface area contributed by atoms with Gasteiger partial charge in [0, 0.05) is 22.5 Å². The number of phenolic OH excluding ortho intramolecular Hbond substituents is 1. The largest absolute Gasteiger partial charge is 0.507 e. The first-order valence-electron chi connectivity index (χ1n) is 7.60. The molecule has 0 radical (unpaired) electrons. The van der Waals surface area contributed by atoms with E-state index in [1.54, 1.807) is 6.07 Å². The molecule has 2 heteroatoms. The van der Waals surface area contributed by atoms with Gasteiger partial charge in [-0.25, -0.2) is 0 Å². The Bertz CT molecular complexity index is 597. The van der Waals surface area contributed by atoms with Crippen molar-refractivity contribution in [2.75, 3.05) is 5.32 Å². The molecule has 2 aromatic rings. The molecule has 1 aliphatic rings. The standard InChI is InChI=1S/C18H23NO/c1-12-9-13(2)11-14(10-12)19-17-7-3-6-16-15(17)5-4-8-18(16)20/h3-8,12-14,19-20H,9-11H2,1-2H3. The normalized spacial score (nSPS) is 26.6. The second-order valence-electron chi connectivity index (χ2n) is 6.44. The van der Waals surface area contributed by atoms with Crippen LogP contribution in [-0.4, -0.2) is 11.1 Å². The molecule has 2 N–H and O–H groups in total. The molecule has 0 aliphatic heterocycles. The van der Waals surface area contributed by atoms with Crippen LogP contribution in [0, 0.1) is 11.8 Å². The summed E-state index contributed by atoms with van der Waals surface area (Å²) < 4.78 is 0. The molecule has 2 nitrogen and oxygen atoms in total. The van der Waals surface area contributed by atoms with E-state index in [2.05, 4.69) is 31.3 Å². The van der Waals surface area contributed by atoms with Crippen molar-refractivity contribution in [3.05, 3.63) is 36.4 Å². The van der Waals surface area contributed by atoms with Gasteiger partial charge in [-0.3, -0.25) is 0 Å². The Morgan fingerprint density at radius 1 is 0.900 bits per heavy atom. The lowest BCUT2D eigenvalue weighted by Gasteiger charge is -2.33. The molecule has 2 atom stereocenters. The Morgan fingerprint density at radius 2 is 1.55 bits per heavy atom. The molecule has 0 bridgehead atoms. The molecule has 2 unspecified atom stereocenters. The fraction of sp³-hybridized carbons (Fsp3) is 0.444. The maximum atomic E-state index is 9.96. The monoisotopic (exact) mass is 269 g/mol. The zero-order chi connectivity index (χ0) is 14.1. The van der Waals surface area contributed by atoms with Gasteiger partial charge in [0.1, 0.15) is 5.75 Å². The highest BCUT2D eigenvalue weighted by Gasteiger charge is 2.24. The second kappa shape index (κ2) is 5.35. The van der Waals surface area contributed by atoms with E-state index in [0.29, 0.717) is 11.8 Å². The predicted molar refractivity (Wildman–Crippen MR) is 85.2 cm³/mol. The van der Waals surface area contributed by atoms with Crippen LogP contribution < -0.4 is 5.32 Å². The van der Waals surface area contributed by atoms with Gasteiger partial charge in [0.25, 0.3) is 0 Å². The molecule has 0 spiro atoms. The highest BCUT2D eigenvalue weighted by molar-refractivity contribution is 5.97. The predicted octanol–water partition coefficient (Wildman–Crippen LogP) is 4.78. The van der Waals surface area contributed by atoms with Crippen LogP contribution in [0.25, 0.3) is 10.8 Å². The number of phenols is 1. The molecule has 106 valence electrons. The minimum Gasteiger partial charge on any atom is -0.507 e. The van der Waals surface area contributed by atoms with E-state index in [4.69, 9.17) is 0 Å². The van der Waals surface area contributed by atoms with Gasteiger partial charge in [0.2, 0.25) is 0 Å². The Labute approximate surface area is 120 Å². The van der Waals surface area contributed by atoms with Crippen molar-refractivity contribution in [1.82, 2.24) is 0 Å². The summed E-state index contributed by atoms with van der Waals surface area (Å²) >= 11 is 0. The molecular weight excluding hydrogens is 246 g/mol. The smallest absolute Gasteiger partial charge is 0.123 e. The van der Waals surface area contributed by atoms with Gasteiger partial charge in [-0.15, -0.1) is 0 Å². The number of benzene rings is 2. The zero-order valence-corrected chi connectivity index (χ0v) is 12.3. The average Bonchev–Trinajstić information content (AvgIpc) is 2.39. The number of rotatable bonds is 2. The second-order valence-corrected chi connectivity index (χ2v) is 6.44. The minimum absolute atomic E-state index is 0.358. The fourth-order valence-electron chi connectivity index (χ4n) is 3.70. The van der Waals surface area contributed by atoms with E-state index in [1.165, 1.54) is 19.3 Å². The zero-order valence-electron chi connectivity index (χ0n) is 12.3. The number of hydrogen-bond donors (Lipinski definition) is 2. The Balaban J connectivity index is 1.89. The molecule has 0 amide bonds. The number of fused-ring (bicyclic) bond motifs is 1. The van der Waals surface area contributed by atoms with E-state index in [-0.39, 0.29) is 0 Å². The van der Waals surface area contributed by atoms with Crippen LogP contribution in [0.2, 0.25) is 0 Å². The summed E-state index contributed by atoms with van der Waals surface area (Å²) in [6.07, 6.45) is 3.81. The van der Waals surface area contributed by atoms with Gasteiger partial charge >= 0.3 is 0 Å².